The lowest BCUT2D eigenvalue weighted by Gasteiger charge is -2.03. The average molecular weight is 192 g/mol. The van der Waals surface area contributed by atoms with E-state index in [9.17, 15) is 0 Å². The molecule has 2 heteroatoms. The standard InChI is InChI=1S/C11H10ClN/c1-2-8-4-3-5-10-9(8)6-7-13-11(10)12/h3-7H,2H2,1H3. The van der Waals surface area contributed by atoms with Crippen molar-refractivity contribution in [3.8, 4) is 0 Å². The molecule has 0 atom stereocenters. The summed E-state index contributed by atoms with van der Waals surface area (Å²) in [5.74, 6) is 0. The summed E-state index contributed by atoms with van der Waals surface area (Å²) in [7, 11) is 0. The maximum atomic E-state index is 5.97. The third kappa shape index (κ3) is 1.40. The third-order valence-corrected chi connectivity index (χ3v) is 2.53. The molecule has 0 amide bonds. The van der Waals surface area contributed by atoms with Crippen molar-refractivity contribution in [3.63, 3.8) is 0 Å². The third-order valence-electron chi connectivity index (χ3n) is 2.23. The molecule has 0 radical (unpaired) electrons. The zero-order valence-electron chi connectivity index (χ0n) is 7.42. The lowest BCUT2D eigenvalue weighted by atomic mass is 10.1. The molecule has 2 aromatic rings. The Balaban J connectivity index is 2.84. The van der Waals surface area contributed by atoms with Crippen molar-refractivity contribution in [2.75, 3.05) is 0 Å². The Morgan fingerprint density at radius 3 is 2.85 bits per heavy atom. The lowest BCUT2D eigenvalue weighted by molar-refractivity contribution is 1.16. The summed E-state index contributed by atoms with van der Waals surface area (Å²) >= 11 is 5.97. The van der Waals surface area contributed by atoms with Crippen molar-refractivity contribution >= 4 is 22.4 Å². The highest BCUT2D eigenvalue weighted by Crippen LogP contribution is 2.23. The van der Waals surface area contributed by atoms with Gasteiger partial charge in [0.25, 0.3) is 0 Å². The molecule has 1 aromatic carbocycles. The number of benzene rings is 1. The van der Waals surface area contributed by atoms with Gasteiger partial charge >= 0.3 is 0 Å². The van der Waals surface area contributed by atoms with Gasteiger partial charge in [-0.1, -0.05) is 36.7 Å². The number of hydrogen-bond donors (Lipinski definition) is 0. The second-order valence-electron chi connectivity index (χ2n) is 2.97. The van der Waals surface area contributed by atoms with Gasteiger partial charge in [0, 0.05) is 11.6 Å². The van der Waals surface area contributed by atoms with E-state index in [0.717, 1.165) is 11.8 Å². The molecular weight excluding hydrogens is 182 g/mol. The van der Waals surface area contributed by atoms with Crippen molar-refractivity contribution in [3.05, 3.63) is 41.2 Å². The van der Waals surface area contributed by atoms with Crippen LogP contribution >= 0.6 is 11.6 Å². The number of fused-ring (bicyclic) bond motifs is 1. The molecule has 2 rings (SSSR count). The molecule has 0 fully saturated rings. The van der Waals surface area contributed by atoms with E-state index in [1.807, 2.05) is 18.2 Å². The van der Waals surface area contributed by atoms with E-state index >= 15 is 0 Å². The van der Waals surface area contributed by atoms with E-state index in [1.54, 1.807) is 6.20 Å². The number of aryl methyl sites for hydroxylation is 1. The van der Waals surface area contributed by atoms with E-state index in [1.165, 1.54) is 10.9 Å². The summed E-state index contributed by atoms with van der Waals surface area (Å²) in [6, 6.07) is 8.16. The molecule has 0 N–H and O–H groups in total. The number of halogens is 1. The Morgan fingerprint density at radius 1 is 1.23 bits per heavy atom. The van der Waals surface area contributed by atoms with Crippen molar-refractivity contribution in [2.24, 2.45) is 0 Å². The summed E-state index contributed by atoms with van der Waals surface area (Å²) in [5, 5.41) is 2.85. The van der Waals surface area contributed by atoms with Gasteiger partial charge in [-0.2, -0.15) is 0 Å². The molecule has 0 saturated carbocycles. The van der Waals surface area contributed by atoms with Crippen LogP contribution in [0.15, 0.2) is 30.5 Å². The first kappa shape index (κ1) is 8.52. The van der Waals surface area contributed by atoms with Gasteiger partial charge < -0.3 is 0 Å². The zero-order valence-corrected chi connectivity index (χ0v) is 8.17. The molecule has 1 heterocycles. The molecule has 1 nitrogen and oxygen atoms in total. The van der Waals surface area contributed by atoms with Crippen molar-refractivity contribution in [1.29, 1.82) is 0 Å². The first-order valence-electron chi connectivity index (χ1n) is 4.35. The van der Waals surface area contributed by atoms with Crippen LogP contribution in [0.25, 0.3) is 10.8 Å². The largest absolute Gasteiger partial charge is 0.244 e. The van der Waals surface area contributed by atoms with Gasteiger partial charge in [-0.05, 0) is 23.4 Å². The molecule has 13 heavy (non-hydrogen) atoms. The van der Waals surface area contributed by atoms with Crippen LogP contribution in [0.2, 0.25) is 5.15 Å². The number of rotatable bonds is 1. The lowest BCUT2D eigenvalue weighted by Crippen LogP contribution is -1.85. The first-order valence-corrected chi connectivity index (χ1v) is 4.73. The molecule has 66 valence electrons. The van der Waals surface area contributed by atoms with Crippen molar-refractivity contribution in [2.45, 2.75) is 13.3 Å². The topological polar surface area (TPSA) is 12.9 Å². The van der Waals surface area contributed by atoms with E-state index in [-0.39, 0.29) is 0 Å². The monoisotopic (exact) mass is 191 g/mol. The predicted octanol–water partition coefficient (Wildman–Crippen LogP) is 3.45. The SMILES string of the molecule is CCc1cccc2c(Cl)nccc12. The van der Waals surface area contributed by atoms with Crippen molar-refractivity contribution < 1.29 is 0 Å². The van der Waals surface area contributed by atoms with Gasteiger partial charge in [-0.25, -0.2) is 4.98 Å². The van der Waals surface area contributed by atoms with Gasteiger partial charge in [0.15, 0.2) is 0 Å². The first-order chi connectivity index (χ1) is 6.33. The number of pyridine rings is 1. The molecule has 0 spiro atoms. The Morgan fingerprint density at radius 2 is 2.08 bits per heavy atom. The predicted molar refractivity (Wildman–Crippen MR) is 56.1 cm³/mol. The fraction of sp³-hybridized carbons (Fsp3) is 0.182. The van der Waals surface area contributed by atoms with E-state index < -0.39 is 0 Å². The summed E-state index contributed by atoms with van der Waals surface area (Å²) in [6.45, 7) is 2.14. The number of nitrogens with zero attached hydrogens (tertiary/aromatic N) is 1. The molecule has 0 saturated heterocycles. The summed E-state index contributed by atoms with van der Waals surface area (Å²) in [4.78, 5) is 4.05. The molecule has 0 aliphatic heterocycles. The normalized spacial score (nSPS) is 10.6. The number of aromatic nitrogens is 1. The summed E-state index contributed by atoms with van der Waals surface area (Å²) < 4.78 is 0. The fourth-order valence-electron chi connectivity index (χ4n) is 1.54. The van der Waals surface area contributed by atoms with E-state index in [2.05, 4.69) is 18.0 Å². The van der Waals surface area contributed by atoms with Crippen LogP contribution in [0.3, 0.4) is 0 Å². The van der Waals surface area contributed by atoms with E-state index in [4.69, 9.17) is 11.6 Å². The molecule has 1 aromatic heterocycles. The van der Waals surface area contributed by atoms with Crippen LogP contribution in [0.4, 0.5) is 0 Å². The minimum atomic E-state index is 0.591. The molecule has 0 aliphatic rings. The van der Waals surface area contributed by atoms with Crippen LogP contribution in [-0.2, 0) is 6.42 Å². The Labute approximate surface area is 82.4 Å². The maximum Gasteiger partial charge on any atom is 0.136 e. The summed E-state index contributed by atoms with van der Waals surface area (Å²) in [6.07, 6.45) is 2.78. The minimum absolute atomic E-state index is 0.591. The highest BCUT2D eigenvalue weighted by atomic mass is 35.5. The maximum absolute atomic E-state index is 5.97. The van der Waals surface area contributed by atoms with Crippen molar-refractivity contribution in [1.82, 2.24) is 4.98 Å². The van der Waals surface area contributed by atoms with Crippen LogP contribution in [-0.4, -0.2) is 4.98 Å². The van der Waals surface area contributed by atoms with Crippen LogP contribution in [0.1, 0.15) is 12.5 Å². The molecule has 0 bridgehead atoms. The minimum Gasteiger partial charge on any atom is -0.244 e. The van der Waals surface area contributed by atoms with Gasteiger partial charge in [0.1, 0.15) is 5.15 Å². The second-order valence-corrected chi connectivity index (χ2v) is 3.33. The molecule has 0 aliphatic carbocycles. The van der Waals surface area contributed by atoms with Gasteiger partial charge in [0.2, 0.25) is 0 Å². The molecule has 0 unspecified atom stereocenters. The van der Waals surface area contributed by atoms with Crippen LogP contribution in [0, 0.1) is 0 Å². The summed E-state index contributed by atoms with van der Waals surface area (Å²) in [5.41, 5.74) is 1.32. The smallest absolute Gasteiger partial charge is 0.136 e. The van der Waals surface area contributed by atoms with Gasteiger partial charge in [-0.3, -0.25) is 0 Å². The van der Waals surface area contributed by atoms with Crippen LogP contribution < -0.4 is 0 Å². The average Bonchev–Trinajstić information content (AvgIpc) is 2.18. The quantitative estimate of drug-likeness (QED) is 0.630. The highest BCUT2D eigenvalue weighted by Gasteiger charge is 2.01. The van der Waals surface area contributed by atoms with Gasteiger partial charge in [0.05, 0.1) is 0 Å². The highest BCUT2D eigenvalue weighted by molar-refractivity contribution is 6.34. The Hall–Kier alpha value is -1.08. The zero-order chi connectivity index (χ0) is 9.26. The van der Waals surface area contributed by atoms with Gasteiger partial charge in [-0.15, -0.1) is 0 Å². The number of hydrogen-bond acceptors (Lipinski definition) is 1. The fourth-order valence-corrected chi connectivity index (χ4v) is 1.77. The second kappa shape index (κ2) is 3.35. The molecular formula is C11H10ClN. The van der Waals surface area contributed by atoms with Crippen LogP contribution in [0.5, 0.6) is 0 Å². The van der Waals surface area contributed by atoms with E-state index in [0.29, 0.717) is 5.15 Å². The Bertz CT molecular complexity index is 437. The Kier molecular flexibility index (Phi) is 2.19.